The van der Waals surface area contributed by atoms with Gasteiger partial charge in [0.1, 0.15) is 11.6 Å². The summed E-state index contributed by atoms with van der Waals surface area (Å²) in [5.41, 5.74) is 0. The largest absolute Gasteiger partial charge is 0.396 e. The number of nitrogens with zero attached hydrogens (tertiary/aromatic N) is 3. The number of aromatic nitrogens is 3. The number of hydrogen-bond acceptors (Lipinski definition) is 4. The number of rotatable bonds is 2. The van der Waals surface area contributed by atoms with E-state index in [9.17, 15) is 5.11 Å². The molecule has 1 saturated heterocycles. The average molecular weight is 237 g/mol. The molecule has 0 saturated carbocycles. The van der Waals surface area contributed by atoms with E-state index in [0.29, 0.717) is 11.8 Å². The molecule has 0 aliphatic carbocycles. The van der Waals surface area contributed by atoms with Crippen molar-refractivity contribution in [3.05, 3.63) is 11.6 Å². The third-order valence-corrected chi connectivity index (χ3v) is 3.92. The number of fused-ring (bicyclic) bond motifs is 1. The van der Waals surface area contributed by atoms with E-state index in [-0.39, 0.29) is 6.61 Å². The molecule has 1 aromatic rings. The van der Waals surface area contributed by atoms with Crippen LogP contribution in [0.15, 0.2) is 0 Å². The number of aryl methyl sites for hydroxylation is 1. The van der Waals surface area contributed by atoms with Gasteiger partial charge in [-0.2, -0.15) is 0 Å². The highest BCUT2D eigenvalue weighted by atomic mass is 16.5. The predicted octanol–water partition coefficient (Wildman–Crippen LogP) is 0.727. The maximum Gasteiger partial charge on any atom is 0.136 e. The molecule has 0 spiro atoms. The highest BCUT2D eigenvalue weighted by molar-refractivity contribution is 5.05. The number of hydrogen-bond donors (Lipinski definition) is 1. The van der Waals surface area contributed by atoms with Gasteiger partial charge in [0.05, 0.1) is 0 Å². The lowest BCUT2D eigenvalue weighted by Crippen LogP contribution is -2.26. The van der Waals surface area contributed by atoms with E-state index in [1.54, 1.807) is 0 Å². The second-order valence-corrected chi connectivity index (χ2v) is 5.06. The normalized spacial score (nSPS) is 25.8. The van der Waals surface area contributed by atoms with Gasteiger partial charge in [0.25, 0.3) is 0 Å². The quantitative estimate of drug-likeness (QED) is 0.823. The molecule has 0 bridgehead atoms. The first kappa shape index (κ1) is 11.2. The molecule has 0 aromatic carbocycles. The number of aliphatic hydroxyl groups excluding tert-OH is 1. The van der Waals surface area contributed by atoms with Gasteiger partial charge in [-0.3, -0.25) is 0 Å². The van der Waals surface area contributed by atoms with Gasteiger partial charge in [-0.05, 0) is 19.3 Å². The molecule has 1 fully saturated rings. The lowest BCUT2D eigenvalue weighted by atomic mass is 9.96. The van der Waals surface area contributed by atoms with Crippen molar-refractivity contribution >= 4 is 0 Å². The highest BCUT2D eigenvalue weighted by Gasteiger charge is 2.27. The van der Waals surface area contributed by atoms with Gasteiger partial charge in [0, 0.05) is 44.6 Å². The summed E-state index contributed by atoms with van der Waals surface area (Å²) in [5.74, 6) is 3.07. The molecule has 0 amide bonds. The Morgan fingerprint density at radius 2 is 2.06 bits per heavy atom. The molecule has 5 nitrogen and oxygen atoms in total. The first-order valence-electron chi connectivity index (χ1n) is 6.49. The fraction of sp³-hybridized carbons (Fsp3) is 0.833. The molecule has 1 N–H and O–H groups in total. The fourth-order valence-corrected chi connectivity index (χ4v) is 2.82. The smallest absolute Gasteiger partial charge is 0.136 e. The van der Waals surface area contributed by atoms with Crippen molar-refractivity contribution in [3.8, 4) is 0 Å². The molecular formula is C12H19N3O2. The molecule has 5 heteroatoms. The van der Waals surface area contributed by atoms with Crippen LogP contribution in [0, 0.1) is 5.92 Å². The lowest BCUT2D eigenvalue weighted by Gasteiger charge is -2.26. The Kier molecular flexibility index (Phi) is 3.11. The van der Waals surface area contributed by atoms with E-state index < -0.39 is 0 Å². The molecule has 1 atom stereocenters. The van der Waals surface area contributed by atoms with Crippen LogP contribution in [0.1, 0.15) is 36.8 Å². The second kappa shape index (κ2) is 4.74. The Morgan fingerprint density at radius 1 is 1.24 bits per heavy atom. The summed E-state index contributed by atoms with van der Waals surface area (Å²) in [7, 11) is 0. The van der Waals surface area contributed by atoms with Gasteiger partial charge in [0.15, 0.2) is 0 Å². The third kappa shape index (κ3) is 2.09. The molecule has 2 aliphatic heterocycles. The Morgan fingerprint density at radius 3 is 2.82 bits per heavy atom. The molecule has 3 heterocycles. The standard InChI is InChI=1S/C12H19N3O2/c16-8-9-1-2-11-13-14-12(15(11)7-9)10-3-5-17-6-4-10/h9-10,16H,1-8H2. The maximum atomic E-state index is 9.28. The van der Waals surface area contributed by atoms with Gasteiger partial charge < -0.3 is 14.4 Å². The van der Waals surface area contributed by atoms with Crippen LogP contribution in [0.25, 0.3) is 0 Å². The van der Waals surface area contributed by atoms with E-state index >= 15 is 0 Å². The Labute approximate surface area is 101 Å². The lowest BCUT2D eigenvalue weighted by molar-refractivity contribution is 0.0819. The minimum atomic E-state index is 0.269. The van der Waals surface area contributed by atoms with E-state index in [2.05, 4.69) is 14.8 Å². The summed E-state index contributed by atoms with van der Waals surface area (Å²) in [6.07, 6.45) is 4.06. The summed E-state index contributed by atoms with van der Waals surface area (Å²) < 4.78 is 7.62. The summed E-state index contributed by atoms with van der Waals surface area (Å²) in [4.78, 5) is 0. The van der Waals surface area contributed by atoms with E-state index in [1.165, 1.54) is 0 Å². The summed E-state index contributed by atoms with van der Waals surface area (Å²) in [6.45, 7) is 2.81. The van der Waals surface area contributed by atoms with Crippen LogP contribution in [0.3, 0.4) is 0 Å². The van der Waals surface area contributed by atoms with E-state index in [1.807, 2.05) is 0 Å². The van der Waals surface area contributed by atoms with Gasteiger partial charge in [-0.15, -0.1) is 10.2 Å². The van der Waals surface area contributed by atoms with E-state index in [0.717, 1.165) is 57.1 Å². The van der Waals surface area contributed by atoms with Crippen molar-refractivity contribution in [3.63, 3.8) is 0 Å². The zero-order valence-electron chi connectivity index (χ0n) is 10.0. The van der Waals surface area contributed by atoms with Crippen LogP contribution in [0.2, 0.25) is 0 Å². The van der Waals surface area contributed by atoms with Crippen molar-refractivity contribution in [2.45, 2.75) is 38.1 Å². The molecule has 2 aliphatic rings. The maximum absolute atomic E-state index is 9.28. The van der Waals surface area contributed by atoms with Crippen LogP contribution in [-0.2, 0) is 17.7 Å². The second-order valence-electron chi connectivity index (χ2n) is 5.06. The summed E-state index contributed by atoms with van der Waals surface area (Å²) in [5, 5.41) is 17.9. The van der Waals surface area contributed by atoms with Crippen LogP contribution in [0.4, 0.5) is 0 Å². The van der Waals surface area contributed by atoms with Crippen molar-refractivity contribution in [2.24, 2.45) is 5.92 Å². The number of ether oxygens (including phenoxy) is 1. The average Bonchev–Trinajstić information content (AvgIpc) is 2.82. The minimum Gasteiger partial charge on any atom is -0.396 e. The minimum absolute atomic E-state index is 0.269. The molecule has 1 aromatic heterocycles. The Hall–Kier alpha value is -0.940. The van der Waals surface area contributed by atoms with Crippen LogP contribution < -0.4 is 0 Å². The number of aliphatic hydroxyl groups is 1. The SMILES string of the molecule is OCC1CCc2nnc(C3CCOCC3)n2C1. The first-order chi connectivity index (χ1) is 8.38. The predicted molar refractivity (Wildman–Crippen MR) is 61.7 cm³/mol. The Bertz CT molecular complexity index is 385. The highest BCUT2D eigenvalue weighted by Crippen LogP contribution is 2.29. The third-order valence-electron chi connectivity index (χ3n) is 3.92. The monoisotopic (exact) mass is 237 g/mol. The zero-order valence-corrected chi connectivity index (χ0v) is 10.0. The topological polar surface area (TPSA) is 60.2 Å². The molecule has 1 unspecified atom stereocenters. The molecule has 0 radical (unpaired) electrons. The van der Waals surface area contributed by atoms with Crippen LogP contribution >= 0.6 is 0 Å². The van der Waals surface area contributed by atoms with Crippen LogP contribution in [-0.4, -0.2) is 39.7 Å². The summed E-state index contributed by atoms with van der Waals surface area (Å²) >= 11 is 0. The summed E-state index contributed by atoms with van der Waals surface area (Å²) in [6, 6.07) is 0. The molecule has 17 heavy (non-hydrogen) atoms. The van der Waals surface area contributed by atoms with Crippen molar-refractivity contribution in [1.29, 1.82) is 0 Å². The van der Waals surface area contributed by atoms with Gasteiger partial charge in [-0.1, -0.05) is 0 Å². The Balaban J connectivity index is 1.83. The molecular weight excluding hydrogens is 218 g/mol. The van der Waals surface area contributed by atoms with Crippen molar-refractivity contribution in [1.82, 2.24) is 14.8 Å². The zero-order chi connectivity index (χ0) is 11.7. The van der Waals surface area contributed by atoms with Gasteiger partial charge >= 0.3 is 0 Å². The first-order valence-corrected chi connectivity index (χ1v) is 6.49. The van der Waals surface area contributed by atoms with Crippen molar-refractivity contribution < 1.29 is 9.84 Å². The van der Waals surface area contributed by atoms with Crippen molar-refractivity contribution in [2.75, 3.05) is 19.8 Å². The van der Waals surface area contributed by atoms with Gasteiger partial charge in [-0.25, -0.2) is 0 Å². The van der Waals surface area contributed by atoms with E-state index in [4.69, 9.17) is 4.74 Å². The van der Waals surface area contributed by atoms with Crippen LogP contribution in [0.5, 0.6) is 0 Å². The van der Waals surface area contributed by atoms with Gasteiger partial charge in [0.2, 0.25) is 0 Å². The fourth-order valence-electron chi connectivity index (χ4n) is 2.82. The molecule has 94 valence electrons. The molecule has 3 rings (SSSR count).